The van der Waals surface area contributed by atoms with Crippen LogP contribution < -0.4 is 4.90 Å². The van der Waals surface area contributed by atoms with Gasteiger partial charge in [-0.25, -0.2) is 9.37 Å². The molecule has 0 saturated carbocycles. The van der Waals surface area contributed by atoms with Gasteiger partial charge in [-0.15, -0.1) is 0 Å². The molecule has 0 spiro atoms. The monoisotopic (exact) mass is 339 g/mol. The Morgan fingerprint density at radius 3 is 2.64 bits per heavy atom. The maximum Gasteiger partial charge on any atom is 0.124 e. The van der Waals surface area contributed by atoms with Crippen molar-refractivity contribution in [1.29, 1.82) is 0 Å². The molecule has 0 unspecified atom stereocenters. The summed E-state index contributed by atoms with van der Waals surface area (Å²) in [7, 11) is 2.03. The Morgan fingerprint density at radius 2 is 1.92 bits per heavy atom. The Morgan fingerprint density at radius 1 is 1.12 bits per heavy atom. The van der Waals surface area contributed by atoms with Crippen LogP contribution in [0.15, 0.2) is 36.7 Å². The highest BCUT2D eigenvalue weighted by atomic mass is 19.1. The largest absolute Gasteiger partial charge is 0.368 e. The number of piperazine rings is 1. The van der Waals surface area contributed by atoms with Gasteiger partial charge >= 0.3 is 0 Å². The Labute approximate surface area is 146 Å². The number of benzene rings is 1. The minimum Gasteiger partial charge on any atom is -0.368 e. The lowest BCUT2D eigenvalue weighted by atomic mass is 10.1. The van der Waals surface area contributed by atoms with Crippen LogP contribution in [0.4, 0.5) is 10.1 Å². The van der Waals surface area contributed by atoms with E-state index in [9.17, 15) is 4.39 Å². The predicted molar refractivity (Wildman–Crippen MR) is 97.1 cm³/mol. The number of halogens is 1. The molecule has 0 amide bonds. The zero-order valence-electron chi connectivity index (χ0n) is 14.6. The number of hydrogen-bond acceptors (Lipinski definition) is 4. The Kier molecular flexibility index (Phi) is 4.13. The van der Waals surface area contributed by atoms with Crippen molar-refractivity contribution in [2.24, 2.45) is 7.05 Å². The van der Waals surface area contributed by atoms with Gasteiger partial charge < -0.3 is 9.47 Å². The van der Waals surface area contributed by atoms with Crippen LogP contribution in [0.1, 0.15) is 11.5 Å². The van der Waals surface area contributed by atoms with E-state index in [4.69, 9.17) is 0 Å². The first kappa shape index (κ1) is 16.0. The van der Waals surface area contributed by atoms with Crippen molar-refractivity contribution in [2.45, 2.75) is 13.5 Å². The summed E-state index contributed by atoms with van der Waals surface area (Å²) in [5.74, 6) is 0.869. The van der Waals surface area contributed by atoms with Crippen molar-refractivity contribution in [3.8, 4) is 0 Å². The number of pyridine rings is 1. The molecule has 4 rings (SSSR count). The summed E-state index contributed by atoms with van der Waals surface area (Å²) in [4.78, 5) is 13.7. The van der Waals surface area contributed by atoms with E-state index >= 15 is 0 Å². The summed E-state index contributed by atoms with van der Waals surface area (Å²) < 4.78 is 15.8. The van der Waals surface area contributed by atoms with Gasteiger partial charge in [-0.3, -0.25) is 9.88 Å². The smallest absolute Gasteiger partial charge is 0.124 e. The average molecular weight is 339 g/mol. The van der Waals surface area contributed by atoms with Crippen LogP contribution >= 0.6 is 0 Å². The molecular formula is C19H22FN5. The maximum absolute atomic E-state index is 13.7. The quantitative estimate of drug-likeness (QED) is 0.735. The van der Waals surface area contributed by atoms with Crippen molar-refractivity contribution in [1.82, 2.24) is 19.4 Å². The Balaban J connectivity index is 1.53. The van der Waals surface area contributed by atoms with Gasteiger partial charge in [0.2, 0.25) is 0 Å². The van der Waals surface area contributed by atoms with Crippen molar-refractivity contribution >= 4 is 16.6 Å². The van der Waals surface area contributed by atoms with Crippen molar-refractivity contribution in [3.63, 3.8) is 0 Å². The molecule has 1 aliphatic rings. The number of fused-ring (bicyclic) bond motifs is 1. The lowest BCUT2D eigenvalue weighted by molar-refractivity contribution is 0.242. The molecule has 2 aromatic heterocycles. The molecule has 1 aromatic carbocycles. The zero-order chi connectivity index (χ0) is 17.4. The van der Waals surface area contributed by atoms with Crippen LogP contribution in [0, 0.1) is 12.7 Å². The number of nitrogens with zero attached hydrogens (tertiary/aromatic N) is 5. The zero-order valence-corrected chi connectivity index (χ0v) is 14.6. The Bertz CT molecular complexity index is 896. The summed E-state index contributed by atoms with van der Waals surface area (Å²) in [6, 6.07) is 6.90. The molecule has 25 heavy (non-hydrogen) atoms. The van der Waals surface area contributed by atoms with E-state index in [0.29, 0.717) is 0 Å². The minimum atomic E-state index is -0.215. The standard InChI is InChI=1S/C19H22FN5/c1-14-11-18(16-12-15(20)3-4-17(16)22-14)25-9-7-24(8-10-25)13-19-21-5-6-23(19)2/h3-6,11-12H,7-10,13H2,1-2H3. The van der Waals surface area contributed by atoms with Crippen molar-refractivity contribution in [3.05, 3.63) is 54.0 Å². The molecule has 1 aliphatic heterocycles. The second-order valence-electron chi connectivity index (χ2n) is 6.66. The van der Waals surface area contributed by atoms with E-state index in [1.54, 1.807) is 12.1 Å². The highest BCUT2D eigenvalue weighted by Crippen LogP contribution is 2.28. The van der Waals surface area contributed by atoms with Gasteiger partial charge in [-0.1, -0.05) is 0 Å². The number of hydrogen-bond donors (Lipinski definition) is 0. The lowest BCUT2D eigenvalue weighted by Gasteiger charge is -2.36. The van der Waals surface area contributed by atoms with E-state index in [1.165, 1.54) is 6.07 Å². The highest BCUT2D eigenvalue weighted by Gasteiger charge is 2.20. The molecule has 0 N–H and O–H groups in total. The molecule has 5 nitrogen and oxygen atoms in total. The number of aromatic nitrogens is 3. The third-order valence-electron chi connectivity index (χ3n) is 4.88. The fourth-order valence-corrected chi connectivity index (χ4v) is 3.47. The summed E-state index contributed by atoms with van der Waals surface area (Å²) in [6.45, 7) is 6.61. The van der Waals surface area contributed by atoms with Crippen molar-refractivity contribution in [2.75, 3.05) is 31.1 Å². The molecule has 1 fully saturated rings. The van der Waals surface area contributed by atoms with Crippen LogP contribution in [0.25, 0.3) is 10.9 Å². The first-order valence-corrected chi connectivity index (χ1v) is 8.60. The van der Waals surface area contributed by atoms with Crippen LogP contribution in [-0.4, -0.2) is 45.6 Å². The van der Waals surface area contributed by atoms with Crippen LogP contribution in [0.3, 0.4) is 0 Å². The molecule has 0 aliphatic carbocycles. The topological polar surface area (TPSA) is 37.2 Å². The minimum absolute atomic E-state index is 0.215. The molecule has 0 bridgehead atoms. The summed E-state index contributed by atoms with van der Waals surface area (Å²) >= 11 is 0. The van der Waals surface area contributed by atoms with Crippen LogP contribution in [0.2, 0.25) is 0 Å². The van der Waals surface area contributed by atoms with Gasteiger partial charge in [0.05, 0.1) is 12.1 Å². The first-order valence-electron chi connectivity index (χ1n) is 8.60. The average Bonchev–Trinajstić information content (AvgIpc) is 3.00. The normalized spacial score (nSPS) is 15.9. The number of rotatable bonds is 3. The number of aryl methyl sites for hydroxylation is 2. The summed E-state index contributed by atoms with van der Waals surface area (Å²) in [5, 5.41) is 0.892. The van der Waals surface area contributed by atoms with Gasteiger partial charge in [0.1, 0.15) is 11.6 Å². The lowest BCUT2D eigenvalue weighted by Crippen LogP contribution is -2.46. The first-order chi connectivity index (χ1) is 12.1. The van der Waals surface area contributed by atoms with Gasteiger partial charge in [0.25, 0.3) is 0 Å². The van der Waals surface area contributed by atoms with Gasteiger partial charge in [0.15, 0.2) is 0 Å². The van der Waals surface area contributed by atoms with E-state index in [0.717, 1.165) is 60.8 Å². The number of anilines is 1. The fourth-order valence-electron chi connectivity index (χ4n) is 3.47. The molecule has 1 saturated heterocycles. The van der Waals surface area contributed by atoms with Gasteiger partial charge in [-0.05, 0) is 31.2 Å². The number of imidazole rings is 1. The summed E-state index contributed by atoms with van der Waals surface area (Å²) in [5.41, 5.74) is 2.90. The second kappa shape index (κ2) is 6.44. The molecule has 130 valence electrons. The molecule has 6 heteroatoms. The molecular weight excluding hydrogens is 317 g/mol. The van der Waals surface area contributed by atoms with Gasteiger partial charge in [-0.2, -0.15) is 0 Å². The van der Waals surface area contributed by atoms with E-state index < -0.39 is 0 Å². The van der Waals surface area contributed by atoms with E-state index in [2.05, 4.69) is 30.4 Å². The fraction of sp³-hybridized carbons (Fsp3) is 0.368. The second-order valence-corrected chi connectivity index (χ2v) is 6.66. The van der Waals surface area contributed by atoms with E-state index in [1.807, 2.05) is 26.4 Å². The van der Waals surface area contributed by atoms with Crippen molar-refractivity contribution < 1.29 is 4.39 Å². The maximum atomic E-state index is 13.7. The van der Waals surface area contributed by atoms with E-state index in [-0.39, 0.29) is 5.82 Å². The molecule has 0 atom stereocenters. The Hall–Kier alpha value is -2.47. The molecule has 3 aromatic rings. The third kappa shape index (κ3) is 3.22. The SMILES string of the molecule is Cc1cc(N2CCN(Cc3nccn3C)CC2)c2cc(F)ccc2n1. The molecule has 3 heterocycles. The van der Waals surface area contributed by atoms with Crippen LogP contribution in [-0.2, 0) is 13.6 Å². The predicted octanol–water partition coefficient (Wildman–Crippen LogP) is 2.74. The van der Waals surface area contributed by atoms with Gasteiger partial charge in [0, 0.05) is 62.4 Å². The summed E-state index contributed by atoms with van der Waals surface area (Å²) in [6.07, 6.45) is 3.82. The highest BCUT2D eigenvalue weighted by molar-refractivity contribution is 5.92. The third-order valence-corrected chi connectivity index (χ3v) is 4.88. The van der Waals surface area contributed by atoms with Crippen LogP contribution in [0.5, 0.6) is 0 Å². The molecule has 0 radical (unpaired) electrons.